The first-order valence-corrected chi connectivity index (χ1v) is 9.57. The van der Waals surface area contributed by atoms with Crippen molar-refractivity contribution in [2.75, 3.05) is 0 Å². The molecule has 4 aromatic rings. The minimum atomic E-state index is -4.09. The van der Waals surface area contributed by atoms with Crippen LogP contribution in [0.1, 0.15) is 0 Å². The van der Waals surface area contributed by atoms with Gasteiger partial charge in [-0.2, -0.15) is 8.42 Å². The largest absolute Gasteiger partial charge is 0.423 e. The number of fused-ring (bicyclic) bond motifs is 1. The molecular formula is C21H14O5S. The van der Waals surface area contributed by atoms with Crippen LogP contribution in [0.4, 0.5) is 0 Å². The van der Waals surface area contributed by atoms with E-state index < -0.39 is 15.7 Å². The van der Waals surface area contributed by atoms with Crippen molar-refractivity contribution in [1.29, 1.82) is 0 Å². The van der Waals surface area contributed by atoms with E-state index in [4.69, 9.17) is 8.60 Å². The first kappa shape index (κ1) is 17.1. The Morgan fingerprint density at radius 2 is 1.48 bits per heavy atom. The quantitative estimate of drug-likeness (QED) is 0.392. The van der Waals surface area contributed by atoms with E-state index in [1.807, 2.05) is 30.3 Å². The van der Waals surface area contributed by atoms with E-state index in [0.717, 1.165) is 5.56 Å². The summed E-state index contributed by atoms with van der Waals surface area (Å²) in [5.74, 6) is 0.0692. The number of hydrogen-bond acceptors (Lipinski definition) is 5. The minimum absolute atomic E-state index is 0.0609. The van der Waals surface area contributed by atoms with E-state index in [1.165, 1.54) is 24.3 Å². The van der Waals surface area contributed by atoms with Crippen molar-refractivity contribution in [2.45, 2.75) is 4.90 Å². The number of benzene rings is 3. The van der Waals surface area contributed by atoms with Gasteiger partial charge in [0.15, 0.2) is 0 Å². The van der Waals surface area contributed by atoms with E-state index in [-0.39, 0.29) is 16.2 Å². The molecule has 0 N–H and O–H groups in total. The first-order valence-electron chi connectivity index (χ1n) is 8.16. The van der Waals surface area contributed by atoms with Crippen LogP contribution in [0.25, 0.3) is 22.1 Å². The molecule has 0 aliphatic rings. The van der Waals surface area contributed by atoms with Gasteiger partial charge >= 0.3 is 15.7 Å². The summed E-state index contributed by atoms with van der Waals surface area (Å²) in [5, 5.41) is 0.670. The summed E-state index contributed by atoms with van der Waals surface area (Å²) in [6.07, 6.45) is 0. The fourth-order valence-electron chi connectivity index (χ4n) is 2.81. The summed E-state index contributed by atoms with van der Waals surface area (Å²) >= 11 is 0. The second-order valence-electron chi connectivity index (χ2n) is 5.85. The topological polar surface area (TPSA) is 73.6 Å². The normalized spacial score (nSPS) is 11.4. The van der Waals surface area contributed by atoms with Crippen molar-refractivity contribution in [2.24, 2.45) is 0 Å². The van der Waals surface area contributed by atoms with Crippen LogP contribution >= 0.6 is 0 Å². The lowest BCUT2D eigenvalue weighted by Crippen LogP contribution is -2.11. The van der Waals surface area contributed by atoms with Crippen molar-refractivity contribution in [1.82, 2.24) is 0 Å². The smallest absolute Gasteiger partial charge is 0.339 e. The lowest BCUT2D eigenvalue weighted by molar-refractivity contribution is 0.485. The molecule has 27 heavy (non-hydrogen) atoms. The van der Waals surface area contributed by atoms with Gasteiger partial charge in [0.05, 0.1) is 0 Å². The molecule has 0 unspecified atom stereocenters. The fourth-order valence-corrected chi connectivity index (χ4v) is 3.95. The molecule has 0 atom stereocenters. The van der Waals surface area contributed by atoms with Crippen LogP contribution in [0.15, 0.2) is 99.0 Å². The van der Waals surface area contributed by atoms with Gasteiger partial charge in [-0.05, 0) is 29.8 Å². The van der Waals surface area contributed by atoms with Crippen molar-refractivity contribution in [3.05, 3.63) is 95.3 Å². The summed E-state index contributed by atoms with van der Waals surface area (Å²) in [6, 6.07) is 23.3. The van der Waals surface area contributed by atoms with Gasteiger partial charge in [-0.3, -0.25) is 0 Å². The predicted octanol–water partition coefficient (Wildman–Crippen LogP) is 4.23. The van der Waals surface area contributed by atoms with Crippen LogP contribution in [0.5, 0.6) is 5.75 Å². The van der Waals surface area contributed by atoms with E-state index >= 15 is 0 Å². The van der Waals surface area contributed by atoms with Crippen molar-refractivity contribution in [3.8, 4) is 16.9 Å². The fraction of sp³-hybridized carbons (Fsp3) is 0. The zero-order valence-electron chi connectivity index (χ0n) is 14.0. The molecule has 134 valence electrons. The molecule has 0 aliphatic carbocycles. The SMILES string of the molecule is O=c1ccc2ccc(OS(=O)(=O)c3ccccc3-c3ccccc3)cc2o1. The Balaban J connectivity index is 1.76. The van der Waals surface area contributed by atoms with Gasteiger partial charge in [0.25, 0.3) is 0 Å². The molecule has 1 aromatic heterocycles. The van der Waals surface area contributed by atoms with Crippen LogP contribution in [-0.4, -0.2) is 8.42 Å². The van der Waals surface area contributed by atoms with Crippen LogP contribution in [0, 0.1) is 0 Å². The highest BCUT2D eigenvalue weighted by Gasteiger charge is 2.21. The van der Waals surface area contributed by atoms with Gasteiger partial charge in [0.1, 0.15) is 16.2 Å². The third-order valence-electron chi connectivity index (χ3n) is 4.04. The molecule has 0 radical (unpaired) electrons. The molecule has 5 nitrogen and oxygen atoms in total. The summed E-state index contributed by atoms with van der Waals surface area (Å²) in [6.45, 7) is 0. The van der Waals surface area contributed by atoms with Crippen molar-refractivity contribution >= 4 is 21.1 Å². The van der Waals surface area contributed by atoms with Crippen LogP contribution in [0.2, 0.25) is 0 Å². The van der Waals surface area contributed by atoms with E-state index in [9.17, 15) is 13.2 Å². The summed E-state index contributed by atoms with van der Waals surface area (Å²) < 4.78 is 36.2. The van der Waals surface area contributed by atoms with Crippen LogP contribution < -0.4 is 9.81 Å². The molecule has 0 amide bonds. The van der Waals surface area contributed by atoms with Crippen LogP contribution in [0.3, 0.4) is 0 Å². The lowest BCUT2D eigenvalue weighted by atomic mass is 10.1. The van der Waals surface area contributed by atoms with Gasteiger partial charge in [-0.25, -0.2) is 4.79 Å². The molecule has 0 saturated carbocycles. The maximum absolute atomic E-state index is 12.9. The summed E-state index contributed by atoms with van der Waals surface area (Å²) in [7, 11) is -4.09. The highest BCUT2D eigenvalue weighted by atomic mass is 32.2. The average molecular weight is 378 g/mol. The summed E-state index contributed by atoms with van der Waals surface area (Å²) in [5.41, 5.74) is 1.05. The Morgan fingerprint density at radius 1 is 0.778 bits per heavy atom. The van der Waals surface area contributed by atoms with Gasteiger partial charge in [0, 0.05) is 23.1 Å². The number of hydrogen-bond donors (Lipinski definition) is 0. The van der Waals surface area contributed by atoms with E-state index in [1.54, 1.807) is 30.3 Å². The molecule has 0 aliphatic heterocycles. The maximum atomic E-state index is 12.9. The first-order chi connectivity index (χ1) is 13.0. The third-order valence-corrected chi connectivity index (χ3v) is 5.35. The maximum Gasteiger partial charge on any atom is 0.339 e. The zero-order valence-corrected chi connectivity index (χ0v) is 14.8. The second-order valence-corrected chi connectivity index (χ2v) is 7.37. The molecular weight excluding hydrogens is 364 g/mol. The van der Waals surface area contributed by atoms with Gasteiger partial charge in [-0.1, -0.05) is 48.5 Å². The van der Waals surface area contributed by atoms with Gasteiger partial charge in [-0.15, -0.1) is 0 Å². The monoisotopic (exact) mass is 378 g/mol. The Labute approximate surface area is 155 Å². The molecule has 0 saturated heterocycles. The molecule has 4 rings (SSSR count). The highest BCUT2D eigenvalue weighted by Crippen LogP contribution is 2.30. The predicted molar refractivity (Wildman–Crippen MR) is 102 cm³/mol. The lowest BCUT2D eigenvalue weighted by Gasteiger charge is -2.12. The zero-order chi connectivity index (χ0) is 18.9. The Hall–Kier alpha value is -3.38. The van der Waals surface area contributed by atoms with E-state index in [2.05, 4.69) is 0 Å². The standard InChI is InChI=1S/C21H14O5S/c22-21-13-11-16-10-12-17(14-19(16)25-21)26-27(23,24)20-9-5-4-8-18(20)15-6-2-1-3-7-15/h1-14H. The molecule has 0 spiro atoms. The van der Waals surface area contributed by atoms with Crippen molar-refractivity contribution < 1.29 is 17.0 Å². The Bertz CT molecular complexity index is 1270. The minimum Gasteiger partial charge on any atom is -0.423 e. The average Bonchev–Trinajstić information content (AvgIpc) is 2.68. The van der Waals surface area contributed by atoms with Crippen LogP contribution in [-0.2, 0) is 10.1 Å². The molecule has 1 heterocycles. The Morgan fingerprint density at radius 3 is 2.30 bits per heavy atom. The Kier molecular flexibility index (Phi) is 4.25. The second kappa shape index (κ2) is 6.74. The summed E-state index contributed by atoms with van der Waals surface area (Å²) in [4.78, 5) is 11.4. The molecule has 3 aromatic carbocycles. The number of rotatable bonds is 4. The third kappa shape index (κ3) is 3.47. The van der Waals surface area contributed by atoms with Gasteiger partial charge < -0.3 is 8.60 Å². The van der Waals surface area contributed by atoms with Crippen molar-refractivity contribution in [3.63, 3.8) is 0 Å². The molecule has 0 fully saturated rings. The highest BCUT2D eigenvalue weighted by molar-refractivity contribution is 7.87. The van der Waals surface area contributed by atoms with Gasteiger partial charge in [0.2, 0.25) is 0 Å². The molecule has 6 heteroatoms. The van der Waals surface area contributed by atoms with E-state index in [0.29, 0.717) is 10.9 Å². The molecule has 0 bridgehead atoms.